The SMILES string of the molecule is CO/N=C(\C)c1cccc(CCCO/N=C2\CCCc3cnc(C)nc32)n1. The van der Waals surface area contributed by atoms with E-state index < -0.39 is 0 Å². The van der Waals surface area contributed by atoms with Gasteiger partial charge in [0.15, 0.2) is 0 Å². The molecule has 0 unspecified atom stereocenters. The largest absolute Gasteiger partial charge is 0.399 e. The van der Waals surface area contributed by atoms with Crippen molar-refractivity contribution in [3.05, 3.63) is 52.9 Å². The Morgan fingerprint density at radius 2 is 2.11 bits per heavy atom. The predicted octanol–water partition coefficient (Wildman–Crippen LogP) is 3.24. The van der Waals surface area contributed by atoms with Crippen LogP contribution in [0.15, 0.2) is 34.7 Å². The van der Waals surface area contributed by atoms with Gasteiger partial charge in [-0.25, -0.2) is 9.97 Å². The van der Waals surface area contributed by atoms with E-state index in [1.54, 1.807) is 0 Å². The normalized spacial score (nSPS) is 15.5. The molecule has 0 spiro atoms. The summed E-state index contributed by atoms with van der Waals surface area (Å²) in [5.41, 5.74) is 5.60. The highest BCUT2D eigenvalue weighted by molar-refractivity contribution is 6.00. The van der Waals surface area contributed by atoms with Crippen molar-refractivity contribution in [3.8, 4) is 0 Å². The Morgan fingerprint density at radius 3 is 2.96 bits per heavy atom. The highest BCUT2D eigenvalue weighted by atomic mass is 16.6. The minimum atomic E-state index is 0.542. The molecule has 7 heteroatoms. The molecule has 0 N–H and O–H groups in total. The third-order valence-electron chi connectivity index (χ3n) is 4.37. The van der Waals surface area contributed by atoms with Gasteiger partial charge in [-0.2, -0.15) is 0 Å². The molecule has 142 valence electrons. The zero-order chi connectivity index (χ0) is 19.1. The Hall–Kier alpha value is -2.83. The monoisotopic (exact) mass is 367 g/mol. The Kier molecular flexibility index (Phi) is 6.46. The molecule has 0 amide bonds. The lowest BCUT2D eigenvalue weighted by Crippen LogP contribution is -2.16. The number of nitrogens with zero attached hydrogens (tertiary/aromatic N) is 5. The van der Waals surface area contributed by atoms with Crippen molar-refractivity contribution in [2.45, 2.75) is 46.0 Å². The predicted molar refractivity (Wildman–Crippen MR) is 104 cm³/mol. The molecule has 0 radical (unpaired) electrons. The summed E-state index contributed by atoms with van der Waals surface area (Å²) in [4.78, 5) is 23.8. The van der Waals surface area contributed by atoms with Crippen molar-refractivity contribution in [1.82, 2.24) is 15.0 Å². The van der Waals surface area contributed by atoms with Crippen molar-refractivity contribution in [2.24, 2.45) is 10.3 Å². The smallest absolute Gasteiger partial charge is 0.125 e. The van der Waals surface area contributed by atoms with Gasteiger partial charge in [-0.1, -0.05) is 16.4 Å². The second-order valence-corrected chi connectivity index (χ2v) is 6.49. The number of rotatable bonds is 7. The molecule has 0 aliphatic heterocycles. The van der Waals surface area contributed by atoms with Gasteiger partial charge < -0.3 is 9.68 Å². The molecular weight excluding hydrogens is 342 g/mol. The molecule has 0 aromatic carbocycles. The third kappa shape index (κ3) is 5.09. The van der Waals surface area contributed by atoms with E-state index in [1.807, 2.05) is 38.2 Å². The lowest BCUT2D eigenvalue weighted by atomic mass is 9.96. The van der Waals surface area contributed by atoms with Crippen LogP contribution in [0.4, 0.5) is 0 Å². The van der Waals surface area contributed by atoms with E-state index in [1.165, 1.54) is 7.11 Å². The van der Waals surface area contributed by atoms with Crippen LogP contribution in [0.1, 0.15) is 54.7 Å². The molecule has 2 heterocycles. The summed E-state index contributed by atoms with van der Waals surface area (Å²) in [6.07, 6.45) is 6.51. The van der Waals surface area contributed by atoms with Gasteiger partial charge >= 0.3 is 0 Å². The van der Waals surface area contributed by atoms with Crippen molar-refractivity contribution in [1.29, 1.82) is 0 Å². The summed E-state index contributed by atoms with van der Waals surface area (Å²) in [5, 5.41) is 8.26. The minimum Gasteiger partial charge on any atom is -0.399 e. The first-order valence-corrected chi connectivity index (χ1v) is 9.23. The summed E-state index contributed by atoms with van der Waals surface area (Å²) in [5.74, 6) is 0.765. The van der Waals surface area contributed by atoms with Crippen LogP contribution in [0.2, 0.25) is 0 Å². The van der Waals surface area contributed by atoms with E-state index in [0.29, 0.717) is 6.61 Å². The Morgan fingerprint density at radius 1 is 1.22 bits per heavy atom. The number of oxime groups is 2. The first-order valence-electron chi connectivity index (χ1n) is 9.23. The van der Waals surface area contributed by atoms with Gasteiger partial charge in [0.2, 0.25) is 0 Å². The Balaban J connectivity index is 1.53. The molecule has 0 saturated carbocycles. The number of aromatic nitrogens is 3. The highest BCUT2D eigenvalue weighted by Gasteiger charge is 2.18. The number of pyridine rings is 1. The molecule has 2 aromatic rings. The quantitative estimate of drug-likeness (QED) is 0.426. The minimum absolute atomic E-state index is 0.542. The van der Waals surface area contributed by atoms with Crippen LogP contribution in [0.5, 0.6) is 0 Å². The fourth-order valence-electron chi connectivity index (χ4n) is 3.03. The van der Waals surface area contributed by atoms with Gasteiger partial charge in [0.05, 0.1) is 11.4 Å². The molecule has 0 fully saturated rings. The number of hydrogen-bond acceptors (Lipinski definition) is 7. The van der Waals surface area contributed by atoms with Crippen LogP contribution in [0.3, 0.4) is 0 Å². The maximum atomic E-state index is 5.56. The fourth-order valence-corrected chi connectivity index (χ4v) is 3.03. The summed E-state index contributed by atoms with van der Waals surface area (Å²) in [6, 6.07) is 5.91. The van der Waals surface area contributed by atoms with Crippen molar-refractivity contribution in [2.75, 3.05) is 13.7 Å². The first kappa shape index (κ1) is 18.9. The zero-order valence-corrected chi connectivity index (χ0v) is 16.1. The van der Waals surface area contributed by atoms with Crippen LogP contribution in [0.25, 0.3) is 0 Å². The van der Waals surface area contributed by atoms with E-state index in [2.05, 4.69) is 25.3 Å². The molecule has 1 aliphatic carbocycles. The van der Waals surface area contributed by atoms with E-state index >= 15 is 0 Å². The zero-order valence-electron chi connectivity index (χ0n) is 16.1. The Bertz CT molecular complexity index is 848. The lowest BCUT2D eigenvalue weighted by molar-refractivity contribution is 0.141. The van der Waals surface area contributed by atoms with Gasteiger partial charge in [0.25, 0.3) is 0 Å². The van der Waals surface area contributed by atoms with E-state index in [4.69, 9.17) is 9.68 Å². The molecule has 0 saturated heterocycles. The van der Waals surface area contributed by atoms with Gasteiger partial charge in [-0.05, 0) is 63.6 Å². The molecular formula is C20H25N5O2. The van der Waals surface area contributed by atoms with Crippen molar-refractivity contribution in [3.63, 3.8) is 0 Å². The van der Waals surface area contributed by atoms with Gasteiger partial charge in [-0.3, -0.25) is 4.98 Å². The molecule has 1 aliphatic rings. The maximum Gasteiger partial charge on any atom is 0.125 e. The van der Waals surface area contributed by atoms with Crippen LogP contribution >= 0.6 is 0 Å². The third-order valence-corrected chi connectivity index (χ3v) is 4.37. The van der Waals surface area contributed by atoms with E-state index in [0.717, 1.165) is 72.0 Å². The topological polar surface area (TPSA) is 81.9 Å². The number of fused-ring (bicyclic) bond motifs is 1. The van der Waals surface area contributed by atoms with Crippen molar-refractivity contribution < 1.29 is 9.68 Å². The van der Waals surface area contributed by atoms with E-state index in [9.17, 15) is 0 Å². The van der Waals surface area contributed by atoms with E-state index in [-0.39, 0.29) is 0 Å². The molecule has 2 aromatic heterocycles. The number of aryl methyl sites for hydroxylation is 3. The maximum absolute atomic E-state index is 5.56. The van der Waals surface area contributed by atoms with Gasteiger partial charge in [0.1, 0.15) is 31.0 Å². The van der Waals surface area contributed by atoms with Crippen LogP contribution in [-0.2, 0) is 22.5 Å². The highest BCUT2D eigenvalue weighted by Crippen LogP contribution is 2.19. The molecule has 27 heavy (non-hydrogen) atoms. The summed E-state index contributed by atoms with van der Waals surface area (Å²) >= 11 is 0. The fraction of sp³-hybridized carbons (Fsp3) is 0.450. The molecule has 0 atom stereocenters. The standard InChI is InChI=1S/C20H25N5O2/c1-14(24-26-3)18-10-5-8-17(23-18)9-6-12-27-25-19-11-4-7-16-13-21-15(2)22-20(16)19/h5,8,10,13H,4,6-7,9,11-12H2,1-3H3/b24-14+,25-19+. The van der Waals surface area contributed by atoms with Gasteiger partial charge in [-0.15, -0.1) is 0 Å². The van der Waals surface area contributed by atoms with Crippen LogP contribution < -0.4 is 0 Å². The lowest BCUT2D eigenvalue weighted by Gasteiger charge is -2.16. The first-order chi connectivity index (χ1) is 13.2. The van der Waals surface area contributed by atoms with Crippen molar-refractivity contribution >= 4 is 11.4 Å². The summed E-state index contributed by atoms with van der Waals surface area (Å²) in [6.45, 7) is 4.32. The van der Waals surface area contributed by atoms with Crippen LogP contribution in [-0.4, -0.2) is 40.1 Å². The average molecular weight is 367 g/mol. The number of hydrogen-bond donors (Lipinski definition) is 0. The van der Waals surface area contributed by atoms with Crippen LogP contribution in [0, 0.1) is 6.92 Å². The molecule has 3 rings (SSSR count). The Labute approximate surface area is 159 Å². The average Bonchev–Trinajstić information content (AvgIpc) is 2.68. The second kappa shape index (κ2) is 9.21. The second-order valence-electron chi connectivity index (χ2n) is 6.49. The van der Waals surface area contributed by atoms with Gasteiger partial charge in [0, 0.05) is 11.9 Å². The summed E-state index contributed by atoms with van der Waals surface area (Å²) < 4.78 is 0. The summed E-state index contributed by atoms with van der Waals surface area (Å²) in [7, 11) is 1.53. The molecule has 0 bridgehead atoms. The molecule has 7 nitrogen and oxygen atoms in total.